The molecule has 2 aliphatic heterocycles. The van der Waals surface area contributed by atoms with Crippen molar-refractivity contribution in [2.75, 3.05) is 19.7 Å². The van der Waals surface area contributed by atoms with E-state index in [2.05, 4.69) is 0 Å². The maximum Gasteiger partial charge on any atom is 0.410 e. The standard InChI is InChI=1S/C13H25NO3.C13H23NO3/c2*1-12(2,3)17-11(16)14-9-10(6-7-15)8-13(14,4)5/h10,15H,6-9H2,1-5H3;7,10H,6,8-9H2,1-5H3. The van der Waals surface area contributed by atoms with E-state index < -0.39 is 11.2 Å². The number of aliphatic hydroxyl groups is 1. The van der Waals surface area contributed by atoms with Gasteiger partial charge in [0.25, 0.3) is 0 Å². The summed E-state index contributed by atoms with van der Waals surface area (Å²) in [5.74, 6) is 0.637. The third-order valence-electron chi connectivity index (χ3n) is 6.11. The van der Waals surface area contributed by atoms with Crippen LogP contribution in [0.2, 0.25) is 0 Å². The average molecular weight is 485 g/mol. The summed E-state index contributed by atoms with van der Waals surface area (Å²) >= 11 is 0. The Balaban J connectivity index is 0.000000340. The molecule has 2 amide bonds. The van der Waals surface area contributed by atoms with Crippen LogP contribution in [0.1, 0.15) is 94.9 Å². The van der Waals surface area contributed by atoms with Gasteiger partial charge in [0.1, 0.15) is 17.5 Å². The maximum atomic E-state index is 12.1. The lowest BCUT2D eigenvalue weighted by atomic mass is 9.95. The first-order valence-electron chi connectivity index (χ1n) is 12.4. The smallest absolute Gasteiger partial charge is 0.410 e. The van der Waals surface area contributed by atoms with Crippen LogP contribution in [-0.4, -0.2) is 75.4 Å². The number of aldehydes is 1. The molecule has 0 aliphatic carbocycles. The minimum Gasteiger partial charge on any atom is -0.444 e. The van der Waals surface area contributed by atoms with Gasteiger partial charge in [-0.05, 0) is 100 Å². The zero-order valence-electron chi connectivity index (χ0n) is 23.1. The maximum absolute atomic E-state index is 12.1. The number of rotatable bonds is 4. The fourth-order valence-corrected chi connectivity index (χ4v) is 4.72. The topological polar surface area (TPSA) is 96.4 Å². The summed E-state index contributed by atoms with van der Waals surface area (Å²) in [6.45, 7) is 20.8. The van der Waals surface area contributed by atoms with E-state index in [9.17, 15) is 14.4 Å². The molecule has 0 aromatic heterocycles. The van der Waals surface area contributed by atoms with E-state index in [1.54, 1.807) is 9.80 Å². The molecule has 2 saturated heterocycles. The van der Waals surface area contributed by atoms with Gasteiger partial charge in [-0.2, -0.15) is 0 Å². The number of hydrogen-bond acceptors (Lipinski definition) is 6. The second-order valence-corrected chi connectivity index (χ2v) is 12.9. The van der Waals surface area contributed by atoms with Gasteiger partial charge in [-0.25, -0.2) is 9.59 Å². The van der Waals surface area contributed by atoms with E-state index in [-0.39, 0.29) is 35.8 Å². The van der Waals surface area contributed by atoms with Crippen molar-refractivity contribution in [1.29, 1.82) is 0 Å². The first kappa shape index (κ1) is 30.2. The first-order valence-corrected chi connectivity index (χ1v) is 12.4. The summed E-state index contributed by atoms with van der Waals surface area (Å²) in [4.78, 5) is 38.2. The number of likely N-dealkylation sites (tertiary alicyclic amines) is 2. The lowest BCUT2D eigenvalue weighted by molar-refractivity contribution is -0.108. The Morgan fingerprint density at radius 3 is 1.59 bits per heavy atom. The highest BCUT2D eigenvalue weighted by molar-refractivity contribution is 5.70. The lowest BCUT2D eigenvalue weighted by Crippen LogP contribution is -2.45. The zero-order valence-corrected chi connectivity index (χ0v) is 23.1. The van der Waals surface area contributed by atoms with Gasteiger partial charge in [0.2, 0.25) is 0 Å². The van der Waals surface area contributed by atoms with Crippen LogP contribution < -0.4 is 0 Å². The molecule has 0 bridgehead atoms. The van der Waals surface area contributed by atoms with Gasteiger partial charge in [0, 0.05) is 37.2 Å². The second kappa shape index (κ2) is 11.3. The van der Waals surface area contributed by atoms with Crippen molar-refractivity contribution in [2.24, 2.45) is 11.8 Å². The molecule has 2 rings (SSSR count). The Bertz CT molecular complexity index is 705. The van der Waals surface area contributed by atoms with Gasteiger partial charge < -0.3 is 29.2 Å². The molecule has 2 atom stereocenters. The van der Waals surface area contributed by atoms with Gasteiger partial charge in [-0.15, -0.1) is 0 Å². The first-order chi connectivity index (χ1) is 15.3. The molecule has 2 aliphatic rings. The van der Waals surface area contributed by atoms with Gasteiger partial charge in [-0.1, -0.05) is 0 Å². The summed E-state index contributed by atoms with van der Waals surface area (Å²) in [6.07, 6.45) is 3.45. The van der Waals surface area contributed by atoms with E-state index >= 15 is 0 Å². The number of amides is 2. The summed E-state index contributed by atoms with van der Waals surface area (Å²) in [5, 5.41) is 8.97. The van der Waals surface area contributed by atoms with Gasteiger partial charge >= 0.3 is 12.2 Å². The lowest BCUT2D eigenvalue weighted by Gasteiger charge is -2.33. The highest BCUT2D eigenvalue weighted by Crippen LogP contribution is 2.36. The fraction of sp³-hybridized carbons (Fsp3) is 0.885. The summed E-state index contributed by atoms with van der Waals surface area (Å²) in [7, 11) is 0. The molecular formula is C26H48N2O6. The molecule has 0 radical (unpaired) electrons. The number of nitrogens with zero attached hydrogens (tertiary/aromatic N) is 2. The highest BCUT2D eigenvalue weighted by Gasteiger charge is 2.43. The van der Waals surface area contributed by atoms with Crippen molar-refractivity contribution in [1.82, 2.24) is 9.80 Å². The third-order valence-corrected chi connectivity index (χ3v) is 6.11. The Labute approximate surface area is 206 Å². The van der Waals surface area contributed by atoms with E-state index in [1.807, 2.05) is 69.2 Å². The monoisotopic (exact) mass is 484 g/mol. The molecule has 2 fully saturated rings. The van der Waals surface area contributed by atoms with Crippen LogP contribution in [0, 0.1) is 11.8 Å². The van der Waals surface area contributed by atoms with Gasteiger partial charge in [0.05, 0.1) is 0 Å². The number of hydrogen-bond donors (Lipinski definition) is 1. The predicted molar refractivity (Wildman–Crippen MR) is 133 cm³/mol. The number of aliphatic hydroxyl groups excluding tert-OH is 1. The van der Waals surface area contributed by atoms with Crippen molar-refractivity contribution < 1.29 is 29.0 Å². The molecule has 198 valence electrons. The van der Waals surface area contributed by atoms with Gasteiger partial charge in [-0.3, -0.25) is 0 Å². The summed E-state index contributed by atoms with van der Waals surface area (Å²) < 4.78 is 10.8. The van der Waals surface area contributed by atoms with Crippen LogP contribution >= 0.6 is 0 Å². The average Bonchev–Trinajstić information content (AvgIpc) is 3.07. The molecule has 0 spiro atoms. The van der Waals surface area contributed by atoms with Crippen LogP contribution in [-0.2, 0) is 14.3 Å². The van der Waals surface area contributed by atoms with Crippen LogP contribution in [0.4, 0.5) is 9.59 Å². The quantitative estimate of drug-likeness (QED) is 0.563. The van der Waals surface area contributed by atoms with E-state index in [0.717, 1.165) is 25.5 Å². The van der Waals surface area contributed by atoms with E-state index in [1.165, 1.54) is 0 Å². The van der Waals surface area contributed by atoms with Crippen LogP contribution in [0.15, 0.2) is 0 Å². The van der Waals surface area contributed by atoms with Crippen molar-refractivity contribution in [3.8, 4) is 0 Å². The Morgan fingerprint density at radius 2 is 1.24 bits per heavy atom. The molecular weight excluding hydrogens is 436 g/mol. The van der Waals surface area contributed by atoms with Crippen molar-refractivity contribution in [3.05, 3.63) is 0 Å². The van der Waals surface area contributed by atoms with Crippen LogP contribution in [0.3, 0.4) is 0 Å². The highest BCUT2D eigenvalue weighted by atomic mass is 16.6. The summed E-state index contributed by atoms with van der Waals surface area (Å²) in [5.41, 5.74) is -1.34. The molecule has 8 heteroatoms. The second-order valence-electron chi connectivity index (χ2n) is 12.9. The Morgan fingerprint density at radius 1 is 0.853 bits per heavy atom. The predicted octanol–water partition coefficient (Wildman–Crippen LogP) is 5.02. The van der Waals surface area contributed by atoms with Crippen LogP contribution in [0.25, 0.3) is 0 Å². The number of carbonyl (C=O) groups is 3. The van der Waals surface area contributed by atoms with Crippen molar-refractivity contribution in [3.63, 3.8) is 0 Å². The Hall–Kier alpha value is -1.83. The normalized spacial score (nSPS) is 23.7. The van der Waals surface area contributed by atoms with Crippen molar-refractivity contribution >= 4 is 18.5 Å². The molecule has 0 saturated carbocycles. The number of ether oxygens (including phenoxy) is 2. The SMILES string of the molecule is CC(C)(C)OC(=O)N1CC(CC=O)CC1(C)C.CC(C)(C)OC(=O)N1CC(CCO)CC1(C)C. The largest absolute Gasteiger partial charge is 0.444 e. The minimum atomic E-state index is -0.476. The molecule has 8 nitrogen and oxygen atoms in total. The zero-order chi connectivity index (χ0) is 26.5. The Kier molecular flexibility index (Phi) is 10.0. The molecule has 34 heavy (non-hydrogen) atoms. The third kappa shape index (κ3) is 9.43. The van der Waals surface area contributed by atoms with Crippen LogP contribution in [0.5, 0.6) is 0 Å². The summed E-state index contributed by atoms with van der Waals surface area (Å²) in [6, 6.07) is 0. The number of carbonyl (C=O) groups excluding carboxylic acids is 3. The van der Waals surface area contributed by atoms with Crippen molar-refractivity contribution in [2.45, 2.75) is 117 Å². The molecule has 2 unspecified atom stereocenters. The van der Waals surface area contributed by atoms with Gasteiger partial charge in [0.15, 0.2) is 0 Å². The van der Waals surface area contributed by atoms with E-state index in [0.29, 0.717) is 25.4 Å². The molecule has 0 aromatic rings. The fourth-order valence-electron chi connectivity index (χ4n) is 4.72. The van der Waals surface area contributed by atoms with E-state index in [4.69, 9.17) is 14.6 Å². The molecule has 0 aromatic carbocycles. The minimum absolute atomic E-state index is 0.178. The molecule has 1 N–H and O–H groups in total. The molecule has 2 heterocycles.